The highest BCUT2D eigenvalue weighted by Crippen LogP contribution is 2.26. The van der Waals surface area contributed by atoms with Crippen LogP contribution in [0.1, 0.15) is 149 Å². The van der Waals surface area contributed by atoms with Crippen molar-refractivity contribution in [3.05, 3.63) is 0 Å². The Morgan fingerprint density at radius 1 is 0.537 bits per heavy atom. The molecule has 0 radical (unpaired) electrons. The van der Waals surface area contributed by atoms with Crippen molar-refractivity contribution in [1.29, 1.82) is 0 Å². The number of aliphatic hydroxyl groups excluding tert-OH is 7. The van der Waals surface area contributed by atoms with E-state index in [-0.39, 0.29) is 25.6 Å². The van der Waals surface area contributed by atoms with Gasteiger partial charge in [-0.05, 0) is 12.8 Å². The summed E-state index contributed by atoms with van der Waals surface area (Å²) in [4.78, 5) is 12.8. The molecule has 320 valence electrons. The molecule has 0 aromatic rings. The molecule has 2 aliphatic rings. The van der Waals surface area contributed by atoms with Crippen LogP contribution in [0.4, 0.5) is 0 Å². The molecule has 0 aliphatic carbocycles. The van der Waals surface area contributed by atoms with Crippen LogP contribution >= 0.6 is 0 Å². The van der Waals surface area contributed by atoms with Gasteiger partial charge >= 0.3 is 5.97 Å². The van der Waals surface area contributed by atoms with Crippen LogP contribution in [-0.2, 0) is 33.2 Å². The minimum absolute atomic E-state index is 0.0683. The predicted molar refractivity (Wildman–Crippen MR) is 201 cm³/mol. The van der Waals surface area contributed by atoms with Gasteiger partial charge in [0.1, 0.15) is 54.9 Å². The predicted octanol–water partition coefficient (Wildman–Crippen LogP) is 3.79. The molecule has 0 amide bonds. The van der Waals surface area contributed by atoms with E-state index in [1.165, 1.54) is 83.5 Å². The normalized spacial score (nSPS) is 29.4. The molecule has 0 bridgehead atoms. The van der Waals surface area contributed by atoms with Crippen molar-refractivity contribution < 1.29 is 69.0 Å². The quantitative estimate of drug-likeness (QED) is 0.0383. The van der Waals surface area contributed by atoms with Crippen molar-refractivity contribution in [1.82, 2.24) is 0 Å². The molecule has 2 heterocycles. The average molecular weight is 781 g/mol. The fraction of sp³-hybridized carbons (Fsp3) is 0.975. The minimum Gasteiger partial charge on any atom is -0.457 e. The van der Waals surface area contributed by atoms with E-state index in [4.69, 9.17) is 28.4 Å². The lowest BCUT2D eigenvalue weighted by Crippen LogP contribution is -2.61. The zero-order valence-corrected chi connectivity index (χ0v) is 33.2. The van der Waals surface area contributed by atoms with Crippen LogP contribution in [0.2, 0.25) is 0 Å². The van der Waals surface area contributed by atoms with Gasteiger partial charge in [0.25, 0.3) is 0 Å². The number of aliphatic hydroxyl groups is 7. The van der Waals surface area contributed by atoms with E-state index in [0.29, 0.717) is 13.0 Å². The third-order valence-electron chi connectivity index (χ3n) is 10.4. The lowest BCUT2D eigenvalue weighted by atomic mass is 9.98. The molecule has 2 saturated heterocycles. The number of carbonyl (C=O) groups excluding carboxylic acids is 1. The van der Waals surface area contributed by atoms with Crippen molar-refractivity contribution in [2.45, 2.75) is 216 Å². The van der Waals surface area contributed by atoms with E-state index in [0.717, 1.165) is 38.5 Å². The Morgan fingerprint density at radius 2 is 0.981 bits per heavy atom. The van der Waals surface area contributed by atoms with Crippen LogP contribution in [0.15, 0.2) is 0 Å². The highest BCUT2D eigenvalue weighted by Gasteiger charge is 2.47. The van der Waals surface area contributed by atoms with Crippen LogP contribution in [0.25, 0.3) is 0 Å². The van der Waals surface area contributed by atoms with Gasteiger partial charge in [-0.25, -0.2) is 0 Å². The van der Waals surface area contributed by atoms with E-state index in [2.05, 4.69) is 13.8 Å². The lowest BCUT2D eigenvalue weighted by Gasteiger charge is -2.42. The number of carbonyl (C=O) groups is 1. The summed E-state index contributed by atoms with van der Waals surface area (Å²) in [7, 11) is 0. The zero-order chi connectivity index (χ0) is 39.6. The smallest absolute Gasteiger partial charge is 0.306 e. The number of hydrogen-bond acceptors (Lipinski definition) is 14. The summed E-state index contributed by atoms with van der Waals surface area (Å²) in [5.74, 6) is -0.380. The van der Waals surface area contributed by atoms with Gasteiger partial charge in [-0.2, -0.15) is 0 Å². The average Bonchev–Trinajstić information content (AvgIpc) is 3.17. The summed E-state index contributed by atoms with van der Waals surface area (Å²) >= 11 is 0. The van der Waals surface area contributed by atoms with Crippen molar-refractivity contribution in [3.63, 3.8) is 0 Å². The fourth-order valence-electron chi connectivity index (χ4n) is 6.81. The molecule has 14 nitrogen and oxygen atoms in total. The lowest BCUT2D eigenvalue weighted by molar-refractivity contribution is -0.332. The van der Waals surface area contributed by atoms with E-state index in [9.17, 15) is 40.5 Å². The van der Waals surface area contributed by atoms with Crippen molar-refractivity contribution >= 4 is 5.97 Å². The summed E-state index contributed by atoms with van der Waals surface area (Å²) in [5, 5.41) is 71.6. The van der Waals surface area contributed by atoms with Crippen LogP contribution < -0.4 is 0 Å². The Balaban J connectivity index is 1.83. The number of rotatable bonds is 32. The van der Waals surface area contributed by atoms with Crippen molar-refractivity contribution in [2.75, 3.05) is 33.0 Å². The van der Waals surface area contributed by atoms with Crippen molar-refractivity contribution in [2.24, 2.45) is 0 Å². The van der Waals surface area contributed by atoms with E-state index >= 15 is 0 Å². The molecule has 54 heavy (non-hydrogen) atoms. The Hall–Kier alpha value is -1.01. The van der Waals surface area contributed by atoms with Gasteiger partial charge in [-0.1, -0.05) is 129 Å². The fourth-order valence-corrected chi connectivity index (χ4v) is 6.81. The summed E-state index contributed by atoms with van der Waals surface area (Å²) < 4.78 is 34.0. The maximum absolute atomic E-state index is 12.8. The maximum Gasteiger partial charge on any atom is 0.306 e. The van der Waals surface area contributed by atoms with Gasteiger partial charge < -0.3 is 64.2 Å². The van der Waals surface area contributed by atoms with Gasteiger partial charge in [0, 0.05) is 13.0 Å². The molecule has 11 atom stereocenters. The van der Waals surface area contributed by atoms with Gasteiger partial charge in [-0.15, -0.1) is 0 Å². The zero-order valence-electron chi connectivity index (χ0n) is 33.2. The molecule has 0 aromatic carbocycles. The summed E-state index contributed by atoms with van der Waals surface area (Å²) in [5.41, 5.74) is 0. The van der Waals surface area contributed by atoms with E-state index in [1.54, 1.807) is 0 Å². The first kappa shape index (κ1) is 49.1. The maximum atomic E-state index is 12.8. The topological polar surface area (TPSA) is 214 Å². The highest BCUT2D eigenvalue weighted by molar-refractivity contribution is 5.69. The second-order valence-corrected chi connectivity index (χ2v) is 15.2. The van der Waals surface area contributed by atoms with Gasteiger partial charge in [-0.3, -0.25) is 4.79 Å². The molecule has 0 aromatic heterocycles. The molecule has 2 rings (SSSR count). The van der Waals surface area contributed by atoms with Crippen LogP contribution in [0, 0.1) is 0 Å². The number of hydrogen-bond donors (Lipinski definition) is 7. The second kappa shape index (κ2) is 30.1. The monoisotopic (exact) mass is 781 g/mol. The molecular weight excluding hydrogens is 704 g/mol. The third-order valence-corrected chi connectivity index (χ3v) is 10.4. The molecule has 11 unspecified atom stereocenters. The number of unbranched alkanes of at least 4 members (excludes halogenated alkanes) is 18. The summed E-state index contributed by atoms with van der Waals surface area (Å²) in [6.07, 6.45) is 7.65. The van der Waals surface area contributed by atoms with Gasteiger partial charge in [0.15, 0.2) is 12.6 Å². The standard InChI is InChI=1S/C40H76O14/c1-3-5-7-9-11-13-14-15-16-18-20-22-24-49-26-29(52-32(42)23-21-19-17-12-10-8-6-4-2)27-50-39-38(48)36(46)34(44)31(54-39)28-51-40-37(47)35(45)33(43)30(25-41)53-40/h29-31,33-41,43-48H,3-28H2,1-2H3. The first-order valence-electron chi connectivity index (χ1n) is 21.1. The van der Waals surface area contributed by atoms with E-state index in [1.807, 2.05) is 0 Å². The van der Waals surface area contributed by atoms with Crippen LogP contribution in [-0.4, -0.2) is 142 Å². The highest BCUT2D eigenvalue weighted by atomic mass is 16.7. The Bertz CT molecular complexity index is 912. The third kappa shape index (κ3) is 19.4. The Kier molecular flexibility index (Phi) is 27.4. The molecule has 0 spiro atoms. The summed E-state index contributed by atoms with van der Waals surface area (Å²) in [6.45, 7) is 3.64. The minimum atomic E-state index is -1.70. The van der Waals surface area contributed by atoms with Crippen LogP contribution in [0.5, 0.6) is 0 Å². The van der Waals surface area contributed by atoms with Crippen molar-refractivity contribution in [3.8, 4) is 0 Å². The molecule has 0 saturated carbocycles. The largest absolute Gasteiger partial charge is 0.457 e. The SMILES string of the molecule is CCCCCCCCCCCCCCOCC(COC1OC(COC2OC(CO)C(O)C(O)C2O)C(O)C(O)C1O)OC(=O)CCCCCCCCCC. The molecule has 2 fully saturated rings. The van der Waals surface area contributed by atoms with E-state index < -0.39 is 80.7 Å². The first-order valence-corrected chi connectivity index (χ1v) is 21.1. The second-order valence-electron chi connectivity index (χ2n) is 15.2. The van der Waals surface area contributed by atoms with Crippen LogP contribution in [0.3, 0.4) is 0 Å². The molecule has 14 heteroatoms. The summed E-state index contributed by atoms with van der Waals surface area (Å²) in [6, 6.07) is 0. The first-order chi connectivity index (χ1) is 26.1. The molecule has 7 N–H and O–H groups in total. The number of esters is 1. The Labute approximate surface area is 323 Å². The molecule has 2 aliphatic heterocycles. The Morgan fingerprint density at radius 3 is 1.50 bits per heavy atom. The molecular formula is C40H76O14. The van der Waals surface area contributed by atoms with Gasteiger partial charge in [0.05, 0.1) is 26.4 Å². The number of ether oxygens (including phenoxy) is 6. The van der Waals surface area contributed by atoms with Gasteiger partial charge in [0.2, 0.25) is 0 Å².